The van der Waals surface area contributed by atoms with Crippen molar-refractivity contribution in [3.63, 3.8) is 0 Å². The van der Waals surface area contributed by atoms with Crippen LogP contribution in [0.2, 0.25) is 5.02 Å². The van der Waals surface area contributed by atoms with Gasteiger partial charge in [0.05, 0.1) is 6.61 Å². The van der Waals surface area contributed by atoms with Crippen molar-refractivity contribution in [1.29, 1.82) is 0 Å². The number of ether oxygens (including phenoxy) is 1. The lowest BCUT2D eigenvalue weighted by Gasteiger charge is -2.23. The van der Waals surface area contributed by atoms with Gasteiger partial charge in [-0.05, 0) is 54.4 Å². The van der Waals surface area contributed by atoms with Crippen LogP contribution in [0.1, 0.15) is 42.9 Å². The van der Waals surface area contributed by atoms with Gasteiger partial charge in [-0.1, -0.05) is 23.7 Å². The highest BCUT2D eigenvalue weighted by Gasteiger charge is 2.22. The van der Waals surface area contributed by atoms with Crippen LogP contribution < -0.4 is 0 Å². The van der Waals surface area contributed by atoms with Gasteiger partial charge in [0, 0.05) is 5.02 Å². The molecule has 1 atom stereocenters. The lowest BCUT2D eigenvalue weighted by Crippen LogP contribution is -2.16. The van der Waals surface area contributed by atoms with E-state index in [9.17, 15) is 9.90 Å². The van der Waals surface area contributed by atoms with Gasteiger partial charge in [0.25, 0.3) is 0 Å². The predicted molar refractivity (Wildman–Crippen MR) is 82.3 cm³/mol. The molecule has 2 rings (SSSR count). The fourth-order valence-corrected chi connectivity index (χ4v) is 3.86. The fraction of sp³-hybridized carbons (Fsp3) is 0.533. The molecule has 1 saturated heterocycles. The second-order valence-corrected chi connectivity index (χ2v) is 6.45. The summed E-state index contributed by atoms with van der Waals surface area (Å²) in [6, 6.07) is 5.38. The molecule has 1 N–H and O–H groups in total. The van der Waals surface area contributed by atoms with Gasteiger partial charge in [0.15, 0.2) is 6.10 Å². The summed E-state index contributed by atoms with van der Waals surface area (Å²) in [6.45, 7) is 1.96. The maximum Gasteiger partial charge on any atom is 0.339 e. The maximum absolute atomic E-state index is 11.5. The second kappa shape index (κ2) is 7.34. The molecule has 1 aromatic rings. The van der Waals surface area contributed by atoms with Gasteiger partial charge in [-0.2, -0.15) is 11.8 Å². The van der Waals surface area contributed by atoms with Crippen LogP contribution in [0.3, 0.4) is 0 Å². The summed E-state index contributed by atoms with van der Waals surface area (Å²) in [5, 5.41) is 10.5. The van der Waals surface area contributed by atoms with E-state index in [4.69, 9.17) is 16.3 Å². The largest absolute Gasteiger partial charge is 0.464 e. The van der Waals surface area contributed by atoms with Crippen LogP contribution in [0, 0.1) is 0 Å². The molecule has 1 fully saturated rings. The average Bonchev–Trinajstić information content (AvgIpc) is 2.47. The standard InChI is InChI=1S/C15H19ClO3S/c1-2-19-15(18)14(17)11-3-4-12(13(16)9-11)10-5-7-20-8-6-10/h3-4,9-10,14,17H,2,5-8H2,1H3. The van der Waals surface area contributed by atoms with E-state index in [1.165, 1.54) is 0 Å². The van der Waals surface area contributed by atoms with E-state index in [2.05, 4.69) is 0 Å². The molecular formula is C15H19ClO3S. The summed E-state index contributed by atoms with van der Waals surface area (Å²) in [7, 11) is 0. The predicted octanol–water partition coefficient (Wildman–Crippen LogP) is 3.55. The quantitative estimate of drug-likeness (QED) is 0.863. The highest BCUT2D eigenvalue weighted by atomic mass is 35.5. The third kappa shape index (κ3) is 3.68. The van der Waals surface area contributed by atoms with Crippen molar-refractivity contribution in [3.8, 4) is 0 Å². The Morgan fingerprint density at radius 3 is 2.80 bits per heavy atom. The first-order chi connectivity index (χ1) is 9.63. The van der Waals surface area contributed by atoms with Crippen molar-refractivity contribution in [2.45, 2.75) is 31.8 Å². The first kappa shape index (κ1) is 15.7. The number of hydrogen-bond donors (Lipinski definition) is 1. The van der Waals surface area contributed by atoms with Crippen molar-refractivity contribution >= 4 is 29.3 Å². The molecular weight excluding hydrogens is 296 g/mol. The van der Waals surface area contributed by atoms with E-state index in [0.29, 0.717) is 16.5 Å². The van der Waals surface area contributed by atoms with Crippen LogP contribution in [-0.4, -0.2) is 29.2 Å². The molecule has 1 aliphatic heterocycles. The normalized spacial score (nSPS) is 17.8. The Balaban J connectivity index is 2.14. The summed E-state index contributed by atoms with van der Waals surface area (Å²) in [5.41, 5.74) is 1.61. The van der Waals surface area contributed by atoms with Crippen molar-refractivity contribution in [1.82, 2.24) is 0 Å². The lowest BCUT2D eigenvalue weighted by atomic mass is 9.92. The van der Waals surface area contributed by atoms with Crippen molar-refractivity contribution in [2.24, 2.45) is 0 Å². The number of rotatable bonds is 4. The number of hydrogen-bond acceptors (Lipinski definition) is 4. The zero-order valence-electron chi connectivity index (χ0n) is 11.5. The minimum atomic E-state index is -1.26. The number of benzene rings is 1. The Kier molecular flexibility index (Phi) is 5.75. The number of aliphatic hydroxyl groups excluding tert-OH is 1. The van der Waals surface area contributed by atoms with Gasteiger partial charge in [-0.25, -0.2) is 4.79 Å². The van der Waals surface area contributed by atoms with Gasteiger partial charge >= 0.3 is 5.97 Å². The van der Waals surface area contributed by atoms with Gasteiger partial charge in [-0.15, -0.1) is 0 Å². The Hall–Kier alpha value is -0.710. The zero-order valence-corrected chi connectivity index (χ0v) is 13.0. The number of carbonyl (C=O) groups excluding carboxylic acids is 1. The van der Waals surface area contributed by atoms with Gasteiger partial charge in [-0.3, -0.25) is 0 Å². The fourth-order valence-electron chi connectivity index (χ4n) is 2.41. The molecule has 1 unspecified atom stereocenters. The van der Waals surface area contributed by atoms with E-state index >= 15 is 0 Å². The molecule has 0 radical (unpaired) electrons. The molecule has 0 aromatic heterocycles. The zero-order chi connectivity index (χ0) is 14.5. The molecule has 0 aliphatic carbocycles. The molecule has 1 heterocycles. The van der Waals surface area contributed by atoms with Crippen molar-refractivity contribution < 1.29 is 14.6 Å². The molecule has 5 heteroatoms. The average molecular weight is 315 g/mol. The minimum Gasteiger partial charge on any atom is -0.464 e. The third-order valence-corrected chi connectivity index (χ3v) is 4.89. The molecule has 1 aromatic carbocycles. The molecule has 1 aliphatic rings. The Morgan fingerprint density at radius 2 is 2.20 bits per heavy atom. The molecule has 110 valence electrons. The van der Waals surface area contributed by atoms with Gasteiger partial charge in [0.1, 0.15) is 0 Å². The van der Waals surface area contributed by atoms with E-state index in [1.54, 1.807) is 19.1 Å². The molecule has 0 saturated carbocycles. The molecule has 0 spiro atoms. The highest BCUT2D eigenvalue weighted by Crippen LogP contribution is 2.36. The molecule has 20 heavy (non-hydrogen) atoms. The highest BCUT2D eigenvalue weighted by molar-refractivity contribution is 7.99. The SMILES string of the molecule is CCOC(=O)C(O)c1ccc(C2CCSCC2)c(Cl)c1. The molecule has 0 bridgehead atoms. The van der Waals surface area contributed by atoms with Crippen LogP contribution in [0.4, 0.5) is 0 Å². The van der Waals surface area contributed by atoms with Crippen LogP contribution in [0.15, 0.2) is 18.2 Å². The van der Waals surface area contributed by atoms with Crippen LogP contribution in [0.5, 0.6) is 0 Å². The molecule has 0 amide bonds. The monoisotopic (exact) mass is 314 g/mol. The lowest BCUT2D eigenvalue weighted by molar-refractivity contribution is -0.153. The van der Waals surface area contributed by atoms with Gasteiger partial charge < -0.3 is 9.84 Å². The summed E-state index contributed by atoms with van der Waals surface area (Å²) >= 11 is 8.29. The number of esters is 1. The Bertz CT molecular complexity index is 472. The minimum absolute atomic E-state index is 0.251. The van der Waals surface area contributed by atoms with E-state index in [0.717, 1.165) is 29.9 Å². The second-order valence-electron chi connectivity index (χ2n) is 4.82. The van der Waals surface area contributed by atoms with Crippen LogP contribution in [0.25, 0.3) is 0 Å². The molecule has 3 nitrogen and oxygen atoms in total. The van der Waals surface area contributed by atoms with Crippen molar-refractivity contribution in [3.05, 3.63) is 34.3 Å². The van der Waals surface area contributed by atoms with E-state index in [-0.39, 0.29) is 6.61 Å². The first-order valence-electron chi connectivity index (χ1n) is 6.85. The number of halogens is 1. The smallest absolute Gasteiger partial charge is 0.339 e. The number of aliphatic hydroxyl groups is 1. The van der Waals surface area contributed by atoms with Gasteiger partial charge in [0.2, 0.25) is 0 Å². The third-order valence-electron chi connectivity index (χ3n) is 3.51. The number of carbonyl (C=O) groups is 1. The topological polar surface area (TPSA) is 46.5 Å². The Labute approximate surface area is 128 Å². The summed E-state index contributed by atoms with van der Waals surface area (Å²) in [4.78, 5) is 11.5. The number of thioether (sulfide) groups is 1. The Morgan fingerprint density at radius 1 is 1.50 bits per heavy atom. The summed E-state index contributed by atoms with van der Waals surface area (Å²) in [6.07, 6.45) is 0.998. The van der Waals surface area contributed by atoms with Crippen LogP contribution in [-0.2, 0) is 9.53 Å². The summed E-state index contributed by atoms with van der Waals surface area (Å²) < 4.78 is 4.81. The van der Waals surface area contributed by atoms with E-state index in [1.807, 2.05) is 17.8 Å². The maximum atomic E-state index is 11.5. The first-order valence-corrected chi connectivity index (χ1v) is 8.38. The van der Waals surface area contributed by atoms with Crippen LogP contribution >= 0.6 is 23.4 Å². The van der Waals surface area contributed by atoms with Crippen molar-refractivity contribution in [2.75, 3.05) is 18.1 Å². The summed E-state index contributed by atoms with van der Waals surface area (Å²) in [5.74, 6) is 2.17. The van der Waals surface area contributed by atoms with E-state index < -0.39 is 12.1 Å².